The Morgan fingerprint density at radius 1 is 1.37 bits per heavy atom. The Bertz CT molecular complexity index is 425. The van der Waals surface area contributed by atoms with Crippen LogP contribution >= 0.6 is 0 Å². The zero-order chi connectivity index (χ0) is 13.7. The van der Waals surface area contributed by atoms with Crippen LogP contribution in [0.2, 0.25) is 0 Å². The van der Waals surface area contributed by atoms with Gasteiger partial charge in [-0.1, -0.05) is 0 Å². The van der Waals surface area contributed by atoms with Gasteiger partial charge in [-0.3, -0.25) is 9.59 Å². The number of amidine groups is 2. The molecular weight excluding hydrogens is 250 g/mol. The molecule has 7 heteroatoms. The lowest BCUT2D eigenvalue weighted by molar-refractivity contribution is -0.141. The second-order valence-electron chi connectivity index (χ2n) is 4.21. The van der Waals surface area contributed by atoms with Gasteiger partial charge >= 0.3 is 5.97 Å². The van der Waals surface area contributed by atoms with Gasteiger partial charge in [0, 0.05) is 13.1 Å². The number of carbonyl (C=O) groups is 2. The van der Waals surface area contributed by atoms with E-state index < -0.39 is 5.97 Å². The Labute approximate surface area is 111 Å². The van der Waals surface area contributed by atoms with Crippen molar-refractivity contribution in [2.24, 2.45) is 9.98 Å². The third kappa shape index (κ3) is 3.85. The first kappa shape index (κ1) is 13.7. The largest absolute Gasteiger partial charge is 0.466 e. The highest BCUT2D eigenvalue weighted by atomic mass is 16.5. The fourth-order valence-corrected chi connectivity index (χ4v) is 1.96. The predicted molar refractivity (Wildman–Crippen MR) is 68.1 cm³/mol. The molecule has 0 spiro atoms. The van der Waals surface area contributed by atoms with Gasteiger partial charge < -0.3 is 14.4 Å². The fraction of sp³-hybridized carbons (Fsp3) is 0.667. The maximum Gasteiger partial charge on any atom is 0.313 e. The molecule has 0 unspecified atom stereocenters. The zero-order valence-electron chi connectivity index (χ0n) is 10.9. The molecule has 0 aromatic heterocycles. The van der Waals surface area contributed by atoms with Gasteiger partial charge in [0.25, 0.3) is 5.91 Å². The Hall–Kier alpha value is -1.76. The third-order valence-electron chi connectivity index (χ3n) is 2.81. The Morgan fingerprint density at radius 2 is 2.11 bits per heavy atom. The SMILES string of the molecule is CCOC(=O)CC1=NC(=O)CC(N2CCOCC2)=N1. The van der Waals surface area contributed by atoms with Crippen molar-refractivity contribution in [3.05, 3.63) is 0 Å². The van der Waals surface area contributed by atoms with Gasteiger partial charge in [0.1, 0.15) is 18.1 Å². The van der Waals surface area contributed by atoms with Crippen molar-refractivity contribution in [2.45, 2.75) is 19.8 Å². The molecule has 104 valence electrons. The van der Waals surface area contributed by atoms with Crippen LogP contribution in [0.4, 0.5) is 0 Å². The smallest absolute Gasteiger partial charge is 0.313 e. The summed E-state index contributed by atoms with van der Waals surface area (Å²) in [7, 11) is 0. The summed E-state index contributed by atoms with van der Waals surface area (Å²) < 4.78 is 10.1. The molecule has 2 rings (SSSR count). The molecule has 0 saturated carbocycles. The summed E-state index contributed by atoms with van der Waals surface area (Å²) >= 11 is 0. The zero-order valence-corrected chi connectivity index (χ0v) is 10.9. The first-order valence-electron chi connectivity index (χ1n) is 6.35. The molecule has 0 aliphatic carbocycles. The Balaban J connectivity index is 2.03. The van der Waals surface area contributed by atoms with Crippen molar-refractivity contribution in [1.29, 1.82) is 0 Å². The number of hydrogen-bond donors (Lipinski definition) is 0. The highest BCUT2D eigenvalue weighted by molar-refractivity contribution is 6.16. The van der Waals surface area contributed by atoms with Crippen LogP contribution in [0, 0.1) is 0 Å². The summed E-state index contributed by atoms with van der Waals surface area (Å²) in [6.07, 6.45) is 0.125. The fourth-order valence-electron chi connectivity index (χ4n) is 1.96. The van der Waals surface area contributed by atoms with E-state index in [0.29, 0.717) is 38.7 Å². The highest BCUT2D eigenvalue weighted by Crippen LogP contribution is 2.10. The van der Waals surface area contributed by atoms with E-state index in [-0.39, 0.29) is 24.6 Å². The number of amides is 1. The summed E-state index contributed by atoms with van der Waals surface area (Å²) in [6, 6.07) is 0. The summed E-state index contributed by atoms with van der Waals surface area (Å²) in [6.45, 7) is 4.70. The van der Waals surface area contributed by atoms with Crippen LogP contribution in [-0.4, -0.2) is 61.4 Å². The monoisotopic (exact) mass is 267 g/mol. The third-order valence-corrected chi connectivity index (χ3v) is 2.81. The first-order chi connectivity index (χ1) is 9.19. The normalized spacial score (nSPS) is 19.8. The molecule has 2 aliphatic rings. The summed E-state index contributed by atoms with van der Waals surface area (Å²) in [5, 5.41) is 0. The minimum Gasteiger partial charge on any atom is -0.466 e. The van der Waals surface area contributed by atoms with Crippen molar-refractivity contribution >= 4 is 23.5 Å². The molecule has 0 radical (unpaired) electrons. The average Bonchev–Trinajstić information content (AvgIpc) is 2.39. The molecule has 2 heterocycles. The number of rotatable bonds is 3. The maximum atomic E-state index is 11.6. The van der Waals surface area contributed by atoms with Crippen LogP contribution in [0.1, 0.15) is 19.8 Å². The molecule has 0 bridgehead atoms. The molecule has 7 nitrogen and oxygen atoms in total. The molecular formula is C12H17N3O4. The van der Waals surface area contributed by atoms with Crippen molar-refractivity contribution in [2.75, 3.05) is 32.9 Å². The summed E-state index contributed by atoms with van der Waals surface area (Å²) in [4.78, 5) is 33.0. The number of carbonyl (C=O) groups excluding carboxylic acids is 2. The number of morpholine rings is 1. The number of ether oxygens (including phenoxy) is 2. The molecule has 0 aromatic carbocycles. The van der Waals surface area contributed by atoms with E-state index in [2.05, 4.69) is 9.98 Å². The quantitative estimate of drug-likeness (QED) is 0.672. The van der Waals surface area contributed by atoms with Crippen molar-refractivity contribution in [1.82, 2.24) is 4.90 Å². The van der Waals surface area contributed by atoms with Gasteiger partial charge in [-0.2, -0.15) is 4.99 Å². The lowest BCUT2D eigenvalue weighted by Gasteiger charge is -2.30. The van der Waals surface area contributed by atoms with Crippen LogP contribution in [0.5, 0.6) is 0 Å². The summed E-state index contributed by atoms with van der Waals surface area (Å²) in [5.41, 5.74) is 0. The lowest BCUT2D eigenvalue weighted by atomic mass is 10.2. The van der Waals surface area contributed by atoms with Crippen LogP contribution in [-0.2, 0) is 19.1 Å². The van der Waals surface area contributed by atoms with Crippen LogP contribution in [0.25, 0.3) is 0 Å². The van der Waals surface area contributed by atoms with E-state index in [9.17, 15) is 9.59 Å². The lowest BCUT2D eigenvalue weighted by Crippen LogP contribution is -2.42. The Morgan fingerprint density at radius 3 is 2.79 bits per heavy atom. The average molecular weight is 267 g/mol. The van der Waals surface area contributed by atoms with E-state index in [4.69, 9.17) is 9.47 Å². The van der Waals surface area contributed by atoms with E-state index in [1.807, 2.05) is 4.90 Å². The van der Waals surface area contributed by atoms with Gasteiger partial charge in [0.05, 0.1) is 26.2 Å². The summed E-state index contributed by atoms with van der Waals surface area (Å²) in [5.74, 6) is 0.218. The van der Waals surface area contributed by atoms with E-state index >= 15 is 0 Å². The second kappa shape index (κ2) is 6.42. The molecule has 0 N–H and O–H groups in total. The van der Waals surface area contributed by atoms with Gasteiger partial charge in [0.2, 0.25) is 0 Å². The van der Waals surface area contributed by atoms with Crippen LogP contribution in [0.15, 0.2) is 9.98 Å². The number of esters is 1. The molecule has 19 heavy (non-hydrogen) atoms. The molecule has 1 fully saturated rings. The van der Waals surface area contributed by atoms with Gasteiger partial charge in [-0.25, -0.2) is 4.99 Å². The predicted octanol–water partition coefficient (Wildman–Crippen LogP) is -0.000900. The van der Waals surface area contributed by atoms with Crippen molar-refractivity contribution in [3.63, 3.8) is 0 Å². The van der Waals surface area contributed by atoms with Gasteiger partial charge in [0.15, 0.2) is 0 Å². The first-order valence-corrected chi connectivity index (χ1v) is 6.35. The van der Waals surface area contributed by atoms with Crippen molar-refractivity contribution < 1.29 is 19.1 Å². The van der Waals surface area contributed by atoms with Crippen molar-refractivity contribution in [3.8, 4) is 0 Å². The molecule has 2 aliphatic heterocycles. The number of aliphatic imine (C=N–C) groups is 2. The second-order valence-corrected chi connectivity index (χ2v) is 4.21. The highest BCUT2D eigenvalue weighted by Gasteiger charge is 2.23. The van der Waals surface area contributed by atoms with Gasteiger partial charge in [-0.15, -0.1) is 0 Å². The maximum absolute atomic E-state index is 11.6. The molecule has 0 aromatic rings. The molecule has 1 amide bonds. The number of hydrogen-bond acceptors (Lipinski definition) is 6. The van der Waals surface area contributed by atoms with Crippen LogP contribution < -0.4 is 0 Å². The number of nitrogens with zero attached hydrogens (tertiary/aromatic N) is 3. The van der Waals surface area contributed by atoms with Gasteiger partial charge in [-0.05, 0) is 6.92 Å². The van der Waals surface area contributed by atoms with E-state index in [1.54, 1.807) is 6.92 Å². The van der Waals surface area contributed by atoms with Crippen LogP contribution in [0.3, 0.4) is 0 Å². The standard InChI is InChI=1S/C12H17N3O4/c1-2-19-12(17)7-9-13-10(8-11(16)14-9)15-3-5-18-6-4-15/h2-8H2,1H3. The van der Waals surface area contributed by atoms with E-state index in [0.717, 1.165) is 0 Å². The minimum absolute atomic E-state index is 0.0621. The molecule has 1 saturated heterocycles. The minimum atomic E-state index is -0.416. The Kier molecular flexibility index (Phi) is 4.62. The topological polar surface area (TPSA) is 80.6 Å². The van der Waals surface area contributed by atoms with E-state index in [1.165, 1.54) is 0 Å². The molecule has 0 atom stereocenters.